The fourth-order valence-corrected chi connectivity index (χ4v) is 7.13. The molecule has 0 aliphatic carbocycles. The van der Waals surface area contributed by atoms with E-state index in [1.807, 2.05) is 27.2 Å². The minimum Gasteiger partial charge on any atom is -0.756 e. The molecule has 0 radical (unpaired) electrons. The Bertz CT molecular complexity index is 1130. The van der Waals surface area contributed by atoms with E-state index in [1.165, 1.54) is 122 Å². The molecule has 3 atom stereocenters. The van der Waals surface area contributed by atoms with Gasteiger partial charge in [0, 0.05) is 6.42 Å². The second-order valence-corrected chi connectivity index (χ2v) is 18.5. The number of amides is 1. The van der Waals surface area contributed by atoms with E-state index in [2.05, 4.69) is 67.8 Å². The number of phosphoric acid groups is 1. The normalized spacial score (nSPS) is 14.8. The van der Waals surface area contributed by atoms with Gasteiger partial charge in [-0.3, -0.25) is 9.36 Å². The molecule has 0 saturated carbocycles. The van der Waals surface area contributed by atoms with Crippen LogP contribution in [0.25, 0.3) is 0 Å². The van der Waals surface area contributed by atoms with Gasteiger partial charge in [-0.1, -0.05) is 177 Å². The van der Waals surface area contributed by atoms with Gasteiger partial charge in [-0.25, -0.2) is 0 Å². The van der Waals surface area contributed by atoms with Gasteiger partial charge in [0.05, 0.1) is 39.9 Å². The van der Waals surface area contributed by atoms with E-state index in [-0.39, 0.29) is 12.5 Å². The minimum absolute atomic E-state index is 0.00900. The van der Waals surface area contributed by atoms with Crippen LogP contribution in [0, 0.1) is 0 Å². The van der Waals surface area contributed by atoms with E-state index in [4.69, 9.17) is 9.05 Å². The first-order valence-electron chi connectivity index (χ1n) is 23.7. The fraction of sp³-hybridized carbons (Fsp3) is 0.776. The Morgan fingerprint density at radius 1 is 0.603 bits per heavy atom. The van der Waals surface area contributed by atoms with Crippen molar-refractivity contribution in [2.45, 2.75) is 206 Å². The zero-order valence-corrected chi connectivity index (χ0v) is 39.1. The Hall–Kier alpha value is -1.80. The van der Waals surface area contributed by atoms with Crippen LogP contribution in [-0.2, 0) is 18.4 Å². The van der Waals surface area contributed by atoms with Crippen molar-refractivity contribution in [3.8, 4) is 0 Å². The molecule has 338 valence electrons. The van der Waals surface area contributed by atoms with Crippen LogP contribution in [0.2, 0.25) is 0 Å². The summed E-state index contributed by atoms with van der Waals surface area (Å²) in [5.41, 5.74) is 0. The standard InChI is InChI=1S/C49H91N2O6P/c1-6-8-10-12-14-16-17-18-19-20-21-22-23-24-25-26-27-28-29-30-31-32-33-35-37-39-41-43-49(53)50-47(46-57-58(54,55)56-45-44-51(3,4)5)48(52)42-40-38-36-34-15-13-11-9-7-2/h15,17-18,20-21,23-24,34,40,42,47-48,52H,6-14,16,19,22,25-33,35-39,41,43-46H2,1-5H3,(H-,50,53,54,55)/b18-17-,21-20-,24-23-,34-15+,42-40+. The molecule has 0 saturated heterocycles. The lowest BCUT2D eigenvalue weighted by molar-refractivity contribution is -0.870. The summed E-state index contributed by atoms with van der Waals surface area (Å²) in [5, 5.41) is 13.7. The predicted molar refractivity (Wildman–Crippen MR) is 247 cm³/mol. The summed E-state index contributed by atoms with van der Waals surface area (Å²) in [5.74, 6) is -0.214. The summed E-state index contributed by atoms with van der Waals surface area (Å²) in [6.45, 7) is 4.54. The van der Waals surface area contributed by atoms with Crippen molar-refractivity contribution in [3.05, 3.63) is 60.8 Å². The molecule has 0 bridgehead atoms. The van der Waals surface area contributed by atoms with Gasteiger partial charge in [0.15, 0.2) is 0 Å². The van der Waals surface area contributed by atoms with Crippen molar-refractivity contribution in [1.82, 2.24) is 5.32 Å². The summed E-state index contributed by atoms with van der Waals surface area (Å²) in [6.07, 6.45) is 52.9. The van der Waals surface area contributed by atoms with Crippen LogP contribution in [0.3, 0.4) is 0 Å². The van der Waals surface area contributed by atoms with Crippen LogP contribution in [0.5, 0.6) is 0 Å². The number of quaternary nitrogens is 1. The Labute approximate surface area is 358 Å². The number of allylic oxidation sites excluding steroid dienone is 9. The molecule has 9 heteroatoms. The molecule has 0 aromatic carbocycles. The molecule has 1 amide bonds. The quantitative estimate of drug-likeness (QED) is 0.0274. The van der Waals surface area contributed by atoms with Crippen LogP contribution >= 0.6 is 7.82 Å². The van der Waals surface area contributed by atoms with Gasteiger partial charge in [0.25, 0.3) is 7.82 Å². The molecule has 0 spiro atoms. The van der Waals surface area contributed by atoms with Crippen LogP contribution in [-0.4, -0.2) is 68.5 Å². The van der Waals surface area contributed by atoms with Crippen LogP contribution < -0.4 is 10.2 Å². The number of rotatable bonds is 42. The maximum Gasteiger partial charge on any atom is 0.268 e. The molecule has 2 N–H and O–H groups in total. The molecule has 0 aliphatic heterocycles. The maximum absolute atomic E-state index is 12.8. The van der Waals surface area contributed by atoms with E-state index in [0.717, 1.165) is 51.4 Å². The summed E-state index contributed by atoms with van der Waals surface area (Å²) < 4.78 is 23.1. The van der Waals surface area contributed by atoms with Crippen LogP contribution in [0.1, 0.15) is 194 Å². The summed E-state index contributed by atoms with van der Waals surface area (Å²) in [7, 11) is 1.23. The third kappa shape index (κ3) is 42.3. The van der Waals surface area contributed by atoms with Gasteiger partial charge < -0.3 is 28.8 Å². The highest BCUT2D eigenvalue weighted by molar-refractivity contribution is 7.45. The van der Waals surface area contributed by atoms with E-state index < -0.39 is 26.6 Å². The highest BCUT2D eigenvalue weighted by Crippen LogP contribution is 2.38. The first kappa shape index (κ1) is 56.2. The average Bonchev–Trinajstić information content (AvgIpc) is 3.17. The number of carbonyl (C=O) groups is 1. The number of nitrogens with zero attached hydrogens (tertiary/aromatic N) is 1. The summed E-state index contributed by atoms with van der Waals surface area (Å²) in [6, 6.07) is -0.903. The number of unbranched alkanes of at least 4 members (excludes halogenated alkanes) is 21. The van der Waals surface area contributed by atoms with E-state index in [9.17, 15) is 19.4 Å². The molecule has 0 heterocycles. The van der Waals surface area contributed by atoms with Gasteiger partial charge in [0.2, 0.25) is 5.91 Å². The van der Waals surface area contributed by atoms with Crippen LogP contribution in [0.15, 0.2) is 60.8 Å². The topological polar surface area (TPSA) is 108 Å². The number of likely N-dealkylation sites (N-methyl/N-ethyl adjacent to an activating group) is 1. The molecule has 8 nitrogen and oxygen atoms in total. The zero-order valence-electron chi connectivity index (χ0n) is 38.2. The van der Waals surface area contributed by atoms with Crippen molar-refractivity contribution in [2.24, 2.45) is 0 Å². The third-order valence-corrected chi connectivity index (χ3v) is 11.2. The first-order valence-corrected chi connectivity index (χ1v) is 25.1. The fourth-order valence-electron chi connectivity index (χ4n) is 6.41. The number of hydrogen-bond donors (Lipinski definition) is 2. The highest BCUT2D eigenvalue weighted by Gasteiger charge is 2.23. The number of phosphoric ester groups is 1. The van der Waals surface area contributed by atoms with Gasteiger partial charge in [0.1, 0.15) is 13.2 Å². The molecule has 3 unspecified atom stereocenters. The Balaban J connectivity index is 4.15. The zero-order chi connectivity index (χ0) is 42.8. The van der Waals surface area contributed by atoms with Crippen molar-refractivity contribution in [1.29, 1.82) is 0 Å². The average molecular weight is 835 g/mol. The van der Waals surface area contributed by atoms with Crippen molar-refractivity contribution < 1.29 is 32.9 Å². The van der Waals surface area contributed by atoms with Crippen molar-refractivity contribution >= 4 is 13.7 Å². The molecule has 0 aliphatic rings. The van der Waals surface area contributed by atoms with E-state index in [0.29, 0.717) is 17.4 Å². The van der Waals surface area contributed by atoms with Crippen molar-refractivity contribution in [3.63, 3.8) is 0 Å². The van der Waals surface area contributed by atoms with E-state index in [1.54, 1.807) is 6.08 Å². The highest BCUT2D eigenvalue weighted by atomic mass is 31.2. The number of hydrogen-bond acceptors (Lipinski definition) is 6. The minimum atomic E-state index is -4.59. The second kappa shape index (κ2) is 40.6. The Morgan fingerprint density at radius 2 is 1.02 bits per heavy atom. The van der Waals surface area contributed by atoms with Gasteiger partial charge >= 0.3 is 0 Å². The summed E-state index contributed by atoms with van der Waals surface area (Å²) >= 11 is 0. The largest absolute Gasteiger partial charge is 0.756 e. The summed E-state index contributed by atoms with van der Waals surface area (Å²) in [4.78, 5) is 25.2. The van der Waals surface area contributed by atoms with Crippen LogP contribution in [0.4, 0.5) is 0 Å². The van der Waals surface area contributed by atoms with Gasteiger partial charge in [-0.15, -0.1) is 0 Å². The molecular formula is C49H91N2O6P. The van der Waals surface area contributed by atoms with Crippen molar-refractivity contribution in [2.75, 3.05) is 40.9 Å². The lowest BCUT2D eigenvalue weighted by Crippen LogP contribution is -2.45. The van der Waals surface area contributed by atoms with E-state index >= 15 is 0 Å². The molecular weight excluding hydrogens is 744 g/mol. The number of aliphatic hydroxyl groups is 1. The third-order valence-electron chi connectivity index (χ3n) is 10.2. The maximum atomic E-state index is 12.8. The Morgan fingerprint density at radius 3 is 1.55 bits per heavy atom. The second-order valence-electron chi connectivity index (χ2n) is 17.1. The molecule has 0 aromatic rings. The lowest BCUT2D eigenvalue weighted by atomic mass is 10.0. The van der Waals surface area contributed by atoms with Gasteiger partial charge in [-0.2, -0.15) is 0 Å². The first-order chi connectivity index (χ1) is 28.0. The number of aliphatic hydroxyl groups excluding tert-OH is 1. The Kier molecular flexibility index (Phi) is 39.3. The lowest BCUT2D eigenvalue weighted by Gasteiger charge is -2.29. The molecule has 0 aromatic heterocycles. The molecule has 0 fully saturated rings. The number of carbonyl (C=O) groups excluding carboxylic acids is 1. The SMILES string of the molecule is CCCCC/C=C/CC/C=C/C(O)C(COP(=O)([O-])OCC[N+](C)(C)C)NC(=O)CCCCCCCCCCCCCC/C=C\C/C=C\C/C=C\CCCCCCC. The number of nitrogens with one attached hydrogen (secondary N) is 1. The molecule has 0 rings (SSSR count). The predicted octanol–water partition coefficient (Wildman–Crippen LogP) is 12.8. The monoisotopic (exact) mass is 835 g/mol. The molecule has 58 heavy (non-hydrogen) atoms. The smallest absolute Gasteiger partial charge is 0.268 e. The van der Waals surface area contributed by atoms with Gasteiger partial charge in [-0.05, 0) is 70.6 Å².